The van der Waals surface area contributed by atoms with Crippen LogP contribution in [0, 0.1) is 13.8 Å². The molecule has 7 heteroatoms. The van der Waals surface area contributed by atoms with Crippen LogP contribution in [0.1, 0.15) is 17.0 Å². The van der Waals surface area contributed by atoms with Crippen LogP contribution in [-0.2, 0) is 0 Å². The van der Waals surface area contributed by atoms with Crippen molar-refractivity contribution < 1.29 is 0 Å². The maximum atomic E-state index is 6.32. The number of nitrogens with zero attached hydrogens (tertiary/aromatic N) is 5. The summed E-state index contributed by atoms with van der Waals surface area (Å²) in [6.07, 6.45) is 4.84. The van der Waals surface area contributed by atoms with Gasteiger partial charge < -0.3 is 4.57 Å². The number of aromatic nitrogens is 4. The molecule has 22 heavy (non-hydrogen) atoms. The van der Waals surface area contributed by atoms with E-state index in [0.29, 0.717) is 10.0 Å². The summed E-state index contributed by atoms with van der Waals surface area (Å²) in [6, 6.07) is 7.52. The van der Waals surface area contributed by atoms with Crippen LogP contribution in [0.25, 0.3) is 5.69 Å². The number of benzene rings is 1. The molecule has 0 atom stereocenters. The van der Waals surface area contributed by atoms with E-state index >= 15 is 0 Å². The Morgan fingerprint density at radius 3 is 2.50 bits per heavy atom. The normalized spacial score (nSPS) is 11.5. The van der Waals surface area contributed by atoms with Crippen molar-refractivity contribution in [2.45, 2.75) is 13.8 Å². The molecule has 0 fully saturated rings. The standard InChI is InChI=1S/C15H13Cl2N5/c1-10-5-12(7-20-21-8-18-19-9-21)11(2)22(10)15-4-3-13(16)6-14(15)17/h3-9H,1-2H3. The zero-order valence-corrected chi connectivity index (χ0v) is 13.5. The zero-order valence-electron chi connectivity index (χ0n) is 12.0. The third-order valence-corrected chi connectivity index (χ3v) is 3.90. The minimum Gasteiger partial charge on any atom is -0.316 e. The maximum absolute atomic E-state index is 6.32. The minimum absolute atomic E-state index is 0.608. The van der Waals surface area contributed by atoms with Crippen molar-refractivity contribution in [1.82, 2.24) is 19.4 Å². The molecule has 3 aromatic rings. The van der Waals surface area contributed by atoms with Crippen LogP contribution in [0.2, 0.25) is 10.0 Å². The van der Waals surface area contributed by atoms with Crippen LogP contribution in [0.4, 0.5) is 0 Å². The molecule has 0 saturated carbocycles. The van der Waals surface area contributed by atoms with E-state index in [2.05, 4.69) is 19.9 Å². The average molecular weight is 334 g/mol. The summed E-state index contributed by atoms with van der Waals surface area (Å²) in [7, 11) is 0. The highest BCUT2D eigenvalue weighted by molar-refractivity contribution is 6.35. The predicted octanol–water partition coefficient (Wildman–Crippen LogP) is 3.87. The fourth-order valence-corrected chi connectivity index (χ4v) is 2.83. The number of aryl methyl sites for hydroxylation is 1. The van der Waals surface area contributed by atoms with Gasteiger partial charge in [-0.2, -0.15) is 5.10 Å². The highest BCUT2D eigenvalue weighted by Crippen LogP contribution is 2.28. The molecule has 0 unspecified atom stereocenters. The van der Waals surface area contributed by atoms with E-state index in [4.69, 9.17) is 23.2 Å². The van der Waals surface area contributed by atoms with E-state index in [1.807, 2.05) is 32.0 Å². The lowest BCUT2D eigenvalue weighted by molar-refractivity contribution is 0.877. The summed E-state index contributed by atoms with van der Waals surface area (Å²) in [5.74, 6) is 0. The lowest BCUT2D eigenvalue weighted by atomic mass is 10.2. The molecule has 2 aromatic heterocycles. The Balaban J connectivity index is 2.03. The summed E-state index contributed by atoms with van der Waals surface area (Å²) in [5, 5.41) is 12.9. The van der Waals surface area contributed by atoms with Crippen LogP contribution in [0.15, 0.2) is 42.0 Å². The van der Waals surface area contributed by atoms with Crippen molar-refractivity contribution in [3.05, 3.63) is 63.9 Å². The second-order valence-electron chi connectivity index (χ2n) is 4.84. The van der Waals surface area contributed by atoms with Gasteiger partial charge in [0.1, 0.15) is 12.7 Å². The predicted molar refractivity (Wildman–Crippen MR) is 88.3 cm³/mol. The van der Waals surface area contributed by atoms with Gasteiger partial charge in [-0.1, -0.05) is 23.2 Å². The van der Waals surface area contributed by atoms with Crippen molar-refractivity contribution >= 4 is 29.4 Å². The minimum atomic E-state index is 0.608. The van der Waals surface area contributed by atoms with Crippen LogP contribution in [0.3, 0.4) is 0 Å². The van der Waals surface area contributed by atoms with E-state index in [-0.39, 0.29) is 0 Å². The first-order valence-electron chi connectivity index (χ1n) is 6.59. The monoisotopic (exact) mass is 333 g/mol. The van der Waals surface area contributed by atoms with Crippen LogP contribution >= 0.6 is 23.2 Å². The molecule has 0 radical (unpaired) electrons. The van der Waals surface area contributed by atoms with Crippen LogP contribution in [0.5, 0.6) is 0 Å². The smallest absolute Gasteiger partial charge is 0.141 e. The first-order chi connectivity index (χ1) is 10.6. The van der Waals surface area contributed by atoms with E-state index in [1.165, 1.54) is 12.7 Å². The van der Waals surface area contributed by atoms with Gasteiger partial charge in [0.2, 0.25) is 0 Å². The quantitative estimate of drug-likeness (QED) is 0.683. The van der Waals surface area contributed by atoms with Gasteiger partial charge in [-0.25, -0.2) is 4.68 Å². The Kier molecular flexibility index (Phi) is 4.00. The fraction of sp³-hybridized carbons (Fsp3) is 0.133. The number of hydrogen-bond donors (Lipinski definition) is 0. The zero-order chi connectivity index (χ0) is 15.7. The molecule has 0 aliphatic heterocycles. The summed E-state index contributed by atoms with van der Waals surface area (Å²) < 4.78 is 3.62. The number of hydrogen-bond acceptors (Lipinski definition) is 3. The van der Waals surface area contributed by atoms with Crippen LogP contribution in [-0.4, -0.2) is 25.7 Å². The summed E-state index contributed by atoms with van der Waals surface area (Å²) in [5.41, 5.74) is 3.99. The fourth-order valence-electron chi connectivity index (χ4n) is 2.34. The van der Waals surface area contributed by atoms with Crippen LogP contribution < -0.4 is 0 Å². The van der Waals surface area contributed by atoms with E-state index in [1.54, 1.807) is 17.0 Å². The Bertz CT molecular complexity index is 834. The third kappa shape index (κ3) is 2.77. The van der Waals surface area contributed by atoms with Gasteiger partial charge in [0.15, 0.2) is 0 Å². The molecule has 0 aliphatic rings. The highest BCUT2D eigenvalue weighted by Gasteiger charge is 2.12. The Labute approximate surface area is 137 Å². The van der Waals surface area contributed by atoms with Gasteiger partial charge in [-0.05, 0) is 38.1 Å². The molecule has 5 nitrogen and oxygen atoms in total. The van der Waals surface area contributed by atoms with E-state index in [0.717, 1.165) is 22.6 Å². The SMILES string of the molecule is Cc1cc(C=Nn2cnnc2)c(C)n1-c1ccc(Cl)cc1Cl. The third-order valence-electron chi connectivity index (χ3n) is 3.36. The second kappa shape index (κ2) is 5.94. The number of rotatable bonds is 3. The molecule has 1 aromatic carbocycles. The van der Waals surface area contributed by atoms with Gasteiger partial charge in [-0.3, -0.25) is 0 Å². The Hall–Kier alpha value is -2.11. The largest absolute Gasteiger partial charge is 0.316 e. The summed E-state index contributed by atoms with van der Waals surface area (Å²) in [6.45, 7) is 4.04. The molecule has 2 heterocycles. The van der Waals surface area contributed by atoms with Crippen molar-refractivity contribution in [3.63, 3.8) is 0 Å². The first kappa shape index (κ1) is 14.8. The lowest BCUT2D eigenvalue weighted by Gasteiger charge is -2.11. The average Bonchev–Trinajstić information content (AvgIpc) is 3.07. The molecule has 0 aliphatic carbocycles. The molecule has 0 N–H and O–H groups in total. The van der Waals surface area contributed by atoms with Crippen molar-refractivity contribution in [2.24, 2.45) is 5.10 Å². The molecular weight excluding hydrogens is 321 g/mol. The lowest BCUT2D eigenvalue weighted by Crippen LogP contribution is -2.00. The van der Waals surface area contributed by atoms with Gasteiger partial charge in [-0.15, -0.1) is 10.2 Å². The molecule has 0 bridgehead atoms. The van der Waals surface area contributed by atoms with Gasteiger partial charge in [0.25, 0.3) is 0 Å². The Morgan fingerprint density at radius 1 is 1.09 bits per heavy atom. The van der Waals surface area contributed by atoms with E-state index in [9.17, 15) is 0 Å². The molecule has 3 rings (SSSR count). The van der Waals surface area contributed by atoms with E-state index < -0.39 is 0 Å². The first-order valence-corrected chi connectivity index (χ1v) is 7.35. The second-order valence-corrected chi connectivity index (χ2v) is 5.69. The van der Waals surface area contributed by atoms with Crippen molar-refractivity contribution in [2.75, 3.05) is 0 Å². The molecule has 0 spiro atoms. The van der Waals surface area contributed by atoms with Crippen molar-refractivity contribution in [1.29, 1.82) is 0 Å². The summed E-state index contributed by atoms with van der Waals surface area (Å²) in [4.78, 5) is 0. The summed E-state index contributed by atoms with van der Waals surface area (Å²) >= 11 is 12.3. The highest BCUT2D eigenvalue weighted by atomic mass is 35.5. The molecule has 0 amide bonds. The van der Waals surface area contributed by atoms with Crippen molar-refractivity contribution in [3.8, 4) is 5.69 Å². The van der Waals surface area contributed by atoms with Gasteiger partial charge >= 0.3 is 0 Å². The van der Waals surface area contributed by atoms with Gasteiger partial charge in [0.05, 0.1) is 16.9 Å². The maximum Gasteiger partial charge on any atom is 0.141 e. The molecular formula is C15H13Cl2N5. The topological polar surface area (TPSA) is 48.0 Å². The molecule has 112 valence electrons. The van der Waals surface area contributed by atoms with Gasteiger partial charge in [0, 0.05) is 22.0 Å². The Morgan fingerprint density at radius 2 is 1.82 bits per heavy atom. The molecule has 0 saturated heterocycles. The number of halogens is 2.